The number of carbonyl (C=O) groups excluding carboxylic acids is 1. The van der Waals surface area contributed by atoms with Gasteiger partial charge in [0, 0.05) is 16.0 Å². The van der Waals surface area contributed by atoms with E-state index in [2.05, 4.69) is 18.8 Å². The first-order valence-electron chi connectivity index (χ1n) is 9.98. The standard InChI is InChI=1S/C22H23ClN2O4S2/c1-14(2)15-3-7-17(8-4-15)25-19-12-31(27,28)13-20(19)30-22(25)24-21(26)11-29-18-9-5-16(23)6-10-18/h3-10,14,19-20H,11-13H2,1-2H3/t19-,20-/m1/s1. The van der Waals surface area contributed by atoms with Crippen molar-refractivity contribution in [1.82, 2.24) is 0 Å². The van der Waals surface area contributed by atoms with Crippen LogP contribution in [0.1, 0.15) is 25.3 Å². The SMILES string of the molecule is CC(C)c1ccc(N2C(=NC(=O)COc3ccc(Cl)cc3)S[C@@H]3CS(=O)(=O)C[C@H]32)cc1. The van der Waals surface area contributed by atoms with Crippen molar-refractivity contribution in [1.29, 1.82) is 0 Å². The van der Waals surface area contributed by atoms with E-state index in [0.29, 0.717) is 21.9 Å². The quantitative estimate of drug-likeness (QED) is 0.642. The average molecular weight is 479 g/mol. The van der Waals surface area contributed by atoms with Gasteiger partial charge < -0.3 is 9.64 Å². The molecule has 0 bridgehead atoms. The van der Waals surface area contributed by atoms with E-state index in [1.807, 2.05) is 29.2 Å². The van der Waals surface area contributed by atoms with Crippen molar-refractivity contribution >= 4 is 50.0 Å². The molecule has 2 heterocycles. The fourth-order valence-corrected chi connectivity index (χ4v) is 7.76. The third kappa shape index (κ3) is 5.07. The average Bonchev–Trinajstić information content (AvgIpc) is 3.18. The summed E-state index contributed by atoms with van der Waals surface area (Å²) in [5.74, 6) is 0.647. The van der Waals surface area contributed by atoms with Gasteiger partial charge in [-0.2, -0.15) is 4.99 Å². The summed E-state index contributed by atoms with van der Waals surface area (Å²) in [4.78, 5) is 18.7. The van der Waals surface area contributed by atoms with Crippen molar-refractivity contribution in [2.45, 2.75) is 31.1 Å². The van der Waals surface area contributed by atoms with Gasteiger partial charge in [0.2, 0.25) is 0 Å². The van der Waals surface area contributed by atoms with Crippen LogP contribution in [-0.2, 0) is 14.6 Å². The molecular weight excluding hydrogens is 456 g/mol. The summed E-state index contributed by atoms with van der Waals surface area (Å²) in [6.07, 6.45) is 0. The van der Waals surface area contributed by atoms with Crippen molar-refractivity contribution < 1.29 is 17.9 Å². The number of amidine groups is 1. The zero-order valence-electron chi connectivity index (χ0n) is 17.2. The summed E-state index contributed by atoms with van der Waals surface area (Å²) < 4.78 is 29.9. The van der Waals surface area contributed by atoms with Gasteiger partial charge in [0.15, 0.2) is 21.6 Å². The first-order chi connectivity index (χ1) is 14.7. The Kier molecular flexibility index (Phi) is 6.32. The predicted octanol–water partition coefficient (Wildman–Crippen LogP) is 4.14. The third-order valence-corrected chi connectivity index (χ3v) is 8.76. The number of nitrogens with zero attached hydrogens (tertiary/aromatic N) is 2. The third-order valence-electron chi connectivity index (χ3n) is 5.30. The molecule has 2 aliphatic heterocycles. The summed E-state index contributed by atoms with van der Waals surface area (Å²) >= 11 is 7.21. The Morgan fingerprint density at radius 1 is 1.16 bits per heavy atom. The lowest BCUT2D eigenvalue weighted by Crippen LogP contribution is -2.37. The van der Waals surface area contributed by atoms with Crippen molar-refractivity contribution in [2.24, 2.45) is 4.99 Å². The molecule has 6 nitrogen and oxygen atoms in total. The zero-order valence-corrected chi connectivity index (χ0v) is 19.6. The molecule has 0 saturated carbocycles. The summed E-state index contributed by atoms with van der Waals surface area (Å²) in [6, 6.07) is 14.5. The van der Waals surface area contributed by atoms with E-state index in [0.717, 1.165) is 5.69 Å². The van der Waals surface area contributed by atoms with Gasteiger partial charge >= 0.3 is 0 Å². The number of anilines is 1. The second-order valence-electron chi connectivity index (χ2n) is 7.95. The lowest BCUT2D eigenvalue weighted by atomic mass is 10.0. The van der Waals surface area contributed by atoms with Crippen LogP contribution < -0.4 is 9.64 Å². The Bertz CT molecular complexity index is 1100. The molecular formula is C22H23ClN2O4S2. The highest BCUT2D eigenvalue weighted by molar-refractivity contribution is 8.16. The maximum Gasteiger partial charge on any atom is 0.285 e. The highest BCUT2D eigenvalue weighted by Crippen LogP contribution is 2.41. The smallest absolute Gasteiger partial charge is 0.285 e. The number of thioether (sulfide) groups is 1. The summed E-state index contributed by atoms with van der Waals surface area (Å²) in [5.41, 5.74) is 2.03. The molecule has 164 valence electrons. The Morgan fingerprint density at radius 3 is 2.48 bits per heavy atom. The van der Waals surface area contributed by atoms with Crippen LogP contribution >= 0.6 is 23.4 Å². The summed E-state index contributed by atoms with van der Waals surface area (Å²) in [6.45, 7) is 4.03. The van der Waals surface area contributed by atoms with Gasteiger partial charge in [-0.05, 0) is 47.9 Å². The molecule has 2 aromatic carbocycles. The van der Waals surface area contributed by atoms with Crippen molar-refractivity contribution in [3.63, 3.8) is 0 Å². The molecule has 0 unspecified atom stereocenters. The normalized spacial score (nSPS) is 23.4. The van der Waals surface area contributed by atoms with Gasteiger partial charge in [-0.1, -0.05) is 49.3 Å². The highest BCUT2D eigenvalue weighted by Gasteiger charge is 2.49. The number of rotatable bonds is 5. The van der Waals surface area contributed by atoms with Gasteiger partial charge in [-0.25, -0.2) is 8.42 Å². The Morgan fingerprint density at radius 2 is 1.84 bits per heavy atom. The molecule has 2 aromatic rings. The van der Waals surface area contributed by atoms with E-state index in [1.165, 1.54) is 17.3 Å². The van der Waals surface area contributed by atoms with Crippen LogP contribution in [0.5, 0.6) is 5.75 Å². The molecule has 1 amide bonds. The number of aliphatic imine (C=N–C) groups is 1. The zero-order chi connectivity index (χ0) is 22.2. The van der Waals surface area contributed by atoms with Crippen LogP contribution in [0.2, 0.25) is 5.02 Å². The molecule has 0 N–H and O–H groups in total. The van der Waals surface area contributed by atoms with Crippen molar-refractivity contribution in [3.8, 4) is 5.75 Å². The van der Waals surface area contributed by atoms with E-state index < -0.39 is 15.7 Å². The van der Waals surface area contributed by atoms with E-state index in [-0.39, 0.29) is 29.4 Å². The predicted molar refractivity (Wildman–Crippen MR) is 126 cm³/mol. The largest absolute Gasteiger partial charge is 0.484 e. The van der Waals surface area contributed by atoms with Crippen LogP contribution in [0.15, 0.2) is 53.5 Å². The molecule has 9 heteroatoms. The lowest BCUT2D eigenvalue weighted by Gasteiger charge is -2.25. The topological polar surface area (TPSA) is 76.0 Å². The highest BCUT2D eigenvalue weighted by atomic mass is 35.5. The van der Waals surface area contributed by atoms with Crippen LogP contribution in [0.3, 0.4) is 0 Å². The molecule has 4 rings (SSSR count). The molecule has 31 heavy (non-hydrogen) atoms. The van der Waals surface area contributed by atoms with E-state index >= 15 is 0 Å². The number of ether oxygens (including phenoxy) is 1. The van der Waals surface area contributed by atoms with E-state index in [9.17, 15) is 13.2 Å². The maximum absolute atomic E-state index is 12.5. The Hall–Kier alpha value is -2.03. The van der Waals surface area contributed by atoms with Gasteiger partial charge in [0.05, 0.1) is 17.5 Å². The monoisotopic (exact) mass is 478 g/mol. The van der Waals surface area contributed by atoms with E-state index in [1.54, 1.807) is 24.3 Å². The molecule has 0 spiro atoms. The molecule has 2 saturated heterocycles. The summed E-state index contributed by atoms with van der Waals surface area (Å²) in [7, 11) is -3.11. The van der Waals surface area contributed by atoms with Crippen LogP contribution in [-0.4, -0.2) is 48.9 Å². The minimum Gasteiger partial charge on any atom is -0.484 e. The lowest BCUT2D eigenvalue weighted by molar-refractivity contribution is -0.119. The van der Waals surface area contributed by atoms with Gasteiger partial charge in [-0.3, -0.25) is 4.79 Å². The number of fused-ring (bicyclic) bond motifs is 1. The first-order valence-corrected chi connectivity index (χ1v) is 13.1. The Balaban J connectivity index is 1.55. The van der Waals surface area contributed by atoms with Crippen molar-refractivity contribution in [3.05, 3.63) is 59.1 Å². The molecule has 2 atom stereocenters. The fraction of sp³-hybridized carbons (Fsp3) is 0.364. The van der Waals surface area contributed by atoms with Gasteiger partial charge in [0.25, 0.3) is 5.91 Å². The fourth-order valence-electron chi connectivity index (χ4n) is 3.70. The van der Waals surface area contributed by atoms with Gasteiger partial charge in [0.1, 0.15) is 5.75 Å². The Labute approximate surface area is 191 Å². The number of benzene rings is 2. The van der Waals surface area contributed by atoms with Gasteiger partial charge in [-0.15, -0.1) is 0 Å². The number of halogens is 1. The molecule has 0 aliphatic carbocycles. The summed E-state index contributed by atoms with van der Waals surface area (Å²) in [5, 5.41) is 0.965. The molecule has 2 fully saturated rings. The number of amides is 1. The number of carbonyl (C=O) groups is 1. The number of sulfone groups is 1. The van der Waals surface area contributed by atoms with Crippen LogP contribution in [0, 0.1) is 0 Å². The second-order valence-corrected chi connectivity index (χ2v) is 11.7. The maximum atomic E-state index is 12.5. The van der Waals surface area contributed by atoms with Crippen molar-refractivity contribution in [2.75, 3.05) is 23.0 Å². The molecule has 0 radical (unpaired) electrons. The second kappa shape index (κ2) is 8.84. The number of hydrogen-bond donors (Lipinski definition) is 0. The number of hydrogen-bond acceptors (Lipinski definition) is 5. The minimum absolute atomic E-state index is 0.0606. The molecule has 2 aliphatic rings. The van der Waals surface area contributed by atoms with Crippen LogP contribution in [0.25, 0.3) is 0 Å². The van der Waals surface area contributed by atoms with E-state index in [4.69, 9.17) is 16.3 Å². The first kappa shape index (κ1) is 22.2. The minimum atomic E-state index is -3.11. The van der Waals surface area contributed by atoms with Crippen LogP contribution in [0.4, 0.5) is 5.69 Å². The molecule has 0 aromatic heterocycles.